The number of anilines is 1. The van der Waals surface area contributed by atoms with Crippen LogP contribution in [0.2, 0.25) is 0 Å². The molecule has 8 nitrogen and oxygen atoms in total. The van der Waals surface area contributed by atoms with Crippen molar-refractivity contribution < 1.29 is 22.7 Å². The molecule has 3 aromatic carbocycles. The molecule has 1 N–H and O–H groups in total. The summed E-state index contributed by atoms with van der Waals surface area (Å²) in [5, 5.41) is 2.83. The topological polar surface area (TPSA) is 96.0 Å². The SMILES string of the molecule is CCCNC(=O)C(C)N(Cc1cccc(OC)c1)C(=O)CN(c1ccccc1)S(=O)(=O)c1ccccc1. The van der Waals surface area contributed by atoms with Crippen molar-refractivity contribution in [2.75, 3.05) is 24.5 Å². The minimum atomic E-state index is -4.06. The monoisotopic (exact) mass is 523 g/mol. The van der Waals surface area contributed by atoms with Gasteiger partial charge in [-0.05, 0) is 55.3 Å². The fourth-order valence-corrected chi connectivity index (χ4v) is 5.22. The molecule has 0 radical (unpaired) electrons. The largest absolute Gasteiger partial charge is 0.497 e. The highest BCUT2D eigenvalue weighted by atomic mass is 32.2. The molecule has 0 saturated heterocycles. The van der Waals surface area contributed by atoms with Crippen LogP contribution in [0, 0.1) is 0 Å². The number of hydrogen-bond donors (Lipinski definition) is 1. The van der Waals surface area contributed by atoms with Crippen LogP contribution in [0.5, 0.6) is 5.75 Å². The zero-order valence-electron chi connectivity index (χ0n) is 21.3. The third-order valence-electron chi connectivity index (χ3n) is 5.86. The first-order chi connectivity index (χ1) is 17.8. The number of rotatable bonds is 12. The van der Waals surface area contributed by atoms with Gasteiger partial charge < -0.3 is 15.0 Å². The maximum absolute atomic E-state index is 13.8. The van der Waals surface area contributed by atoms with Crippen LogP contribution in [-0.2, 0) is 26.2 Å². The summed E-state index contributed by atoms with van der Waals surface area (Å²) >= 11 is 0. The zero-order chi connectivity index (χ0) is 26.8. The van der Waals surface area contributed by atoms with Gasteiger partial charge in [-0.25, -0.2) is 8.42 Å². The van der Waals surface area contributed by atoms with Gasteiger partial charge in [0.25, 0.3) is 10.0 Å². The van der Waals surface area contributed by atoms with Gasteiger partial charge in [0.15, 0.2) is 0 Å². The van der Waals surface area contributed by atoms with Gasteiger partial charge in [-0.1, -0.05) is 55.5 Å². The molecular weight excluding hydrogens is 490 g/mol. The summed E-state index contributed by atoms with van der Waals surface area (Å²) in [4.78, 5) is 28.1. The Morgan fingerprint density at radius 1 is 0.946 bits per heavy atom. The number of carbonyl (C=O) groups excluding carboxylic acids is 2. The van der Waals surface area contributed by atoms with Crippen molar-refractivity contribution in [1.29, 1.82) is 0 Å². The van der Waals surface area contributed by atoms with Crippen molar-refractivity contribution in [3.05, 3.63) is 90.5 Å². The van der Waals surface area contributed by atoms with E-state index in [0.717, 1.165) is 16.3 Å². The summed E-state index contributed by atoms with van der Waals surface area (Å²) in [6.45, 7) is 3.68. The van der Waals surface area contributed by atoms with Gasteiger partial charge in [0.2, 0.25) is 11.8 Å². The Labute approximate surface area is 218 Å². The summed E-state index contributed by atoms with van der Waals surface area (Å²) in [6.07, 6.45) is 0.749. The van der Waals surface area contributed by atoms with Gasteiger partial charge in [0.05, 0.1) is 17.7 Å². The van der Waals surface area contributed by atoms with E-state index in [2.05, 4.69) is 5.32 Å². The lowest BCUT2D eigenvalue weighted by molar-refractivity contribution is -0.139. The number of sulfonamides is 1. The number of carbonyl (C=O) groups is 2. The second-order valence-corrected chi connectivity index (χ2v) is 10.4. The molecule has 0 saturated carbocycles. The molecule has 0 aliphatic carbocycles. The van der Waals surface area contributed by atoms with Gasteiger partial charge in [-0.15, -0.1) is 0 Å². The number of benzene rings is 3. The van der Waals surface area contributed by atoms with E-state index in [1.54, 1.807) is 80.8 Å². The summed E-state index contributed by atoms with van der Waals surface area (Å²) in [5.74, 6) is -0.203. The van der Waals surface area contributed by atoms with Gasteiger partial charge in [0, 0.05) is 13.1 Å². The van der Waals surface area contributed by atoms with Crippen LogP contribution in [0.15, 0.2) is 89.8 Å². The average Bonchev–Trinajstić information content (AvgIpc) is 2.93. The van der Waals surface area contributed by atoms with E-state index in [1.165, 1.54) is 17.0 Å². The smallest absolute Gasteiger partial charge is 0.264 e. The van der Waals surface area contributed by atoms with Crippen LogP contribution in [-0.4, -0.2) is 51.4 Å². The summed E-state index contributed by atoms with van der Waals surface area (Å²) in [5.41, 5.74) is 1.10. The minimum Gasteiger partial charge on any atom is -0.497 e. The molecule has 1 atom stereocenters. The molecule has 0 bridgehead atoms. The van der Waals surface area contributed by atoms with E-state index in [0.29, 0.717) is 18.0 Å². The van der Waals surface area contributed by atoms with Gasteiger partial charge in [-0.3, -0.25) is 13.9 Å². The predicted octanol–water partition coefficient (Wildman–Crippen LogP) is 3.83. The van der Waals surface area contributed by atoms with Gasteiger partial charge in [0.1, 0.15) is 18.3 Å². The van der Waals surface area contributed by atoms with Gasteiger partial charge >= 0.3 is 0 Å². The Bertz CT molecular complexity index is 1280. The molecule has 0 aliphatic heterocycles. The number of ether oxygens (including phenoxy) is 1. The Morgan fingerprint density at radius 2 is 1.59 bits per heavy atom. The Hall–Kier alpha value is -3.85. The van der Waals surface area contributed by atoms with E-state index in [-0.39, 0.29) is 17.3 Å². The molecule has 9 heteroatoms. The fraction of sp³-hybridized carbons (Fsp3) is 0.286. The van der Waals surface area contributed by atoms with Crippen LogP contribution in [0.25, 0.3) is 0 Å². The summed E-state index contributed by atoms with van der Waals surface area (Å²) in [6, 6.07) is 22.8. The number of amides is 2. The van der Waals surface area contributed by atoms with E-state index < -0.39 is 28.5 Å². The first-order valence-electron chi connectivity index (χ1n) is 12.1. The number of nitrogens with zero attached hydrogens (tertiary/aromatic N) is 2. The Balaban J connectivity index is 1.98. The summed E-state index contributed by atoms with van der Waals surface area (Å²) in [7, 11) is -2.51. The van der Waals surface area contributed by atoms with E-state index >= 15 is 0 Å². The first-order valence-corrected chi connectivity index (χ1v) is 13.5. The van der Waals surface area contributed by atoms with Crippen molar-refractivity contribution in [2.24, 2.45) is 0 Å². The Morgan fingerprint density at radius 3 is 2.22 bits per heavy atom. The lowest BCUT2D eigenvalue weighted by atomic mass is 10.1. The predicted molar refractivity (Wildman–Crippen MR) is 144 cm³/mol. The fourth-order valence-electron chi connectivity index (χ4n) is 3.79. The highest BCUT2D eigenvalue weighted by Crippen LogP contribution is 2.24. The average molecular weight is 524 g/mol. The molecule has 0 aromatic heterocycles. The summed E-state index contributed by atoms with van der Waals surface area (Å²) < 4.78 is 33.7. The quantitative estimate of drug-likeness (QED) is 0.389. The third-order valence-corrected chi connectivity index (χ3v) is 7.65. The van der Waals surface area contributed by atoms with Gasteiger partial charge in [-0.2, -0.15) is 0 Å². The number of nitrogens with one attached hydrogen (secondary N) is 1. The van der Waals surface area contributed by atoms with E-state index in [9.17, 15) is 18.0 Å². The second kappa shape index (κ2) is 12.9. The highest BCUT2D eigenvalue weighted by molar-refractivity contribution is 7.92. The number of methoxy groups -OCH3 is 1. The minimum absolute atomic E-state index is 0.0692. The van der Waals surface area contributed by atoms with E-state index in [4.69, 9.17) is 4.74 Å². The molecule has 3 rings (SSSR count). The molecule has 2 amide bonds. The van der Waals surface area contributed by atoms with Crippen LogP contribution in [0.3, 0.4) is 0 Å². The van der Waals surface area contributed by atoms with Crippen molar-refractivity contribution in [3.8, 4) is 5.75 Å². The van der Waals surface area contributed by atoms with Crippen LogP contribution in [0.4, 0.5) is 5.69 Å². The molecule has 0 heterocycles. The second-order valence-electron chi connectivity index (χ2n) is 8.50. The molecule has 3 aromatic rings. The first kappa shape index (κ1) is 27.7. The standard InChI is InChI=1S/C28H33N3O5S/c1-4-18-29-28(33)22(2)30(20-23-12-11-15-25(19-23)36-3)27(32)21-31(24-13-7-5-8-14-24)37(34,35)26-16-9-6-10-17-26/h5-17,19,22H,4,18,20-21H2,1-3H3,(H,29,33). The van der Waals surface area contributed by atoms with Crippen LogP contribution < -0.4 is 14.4 Å². The zero-order valence-corrected chi connectivity index (χ0v) is 22.1. The lowest BCUT2D eigenvalue weighted by Gasteiger charge is -2.32. The molecule has 196 valence electrons. The Kier molecular flexibility index (Phi) is 9.68. The normalized spacial score (nSPS) is 11.9. The molecule has 1 unspecified atom stereocenters. The molecular formula is C28H33N3O5S. The number of para-hydroxylation sites is 1. The van der Waals surface area contributed by atoms with E-state index in [1.807, 2.05) is 13.0 Å². The van der Waals surface area contributed by atoms with Crippen molar-refractivity contribution in [3.63, 3.8) is 0 Å². The molecule has 0 aliphatic rings. The van der Waals surface area contributed by atoms with Crippen molar-refractivity contribution in [1.82, 2.24) is 10.2 Å². The third kappa shape index (κ3) is 7.10. The maximum atomic E-state index is 13.8. The van der Waals surface area contributed by atoms with Crippen LogP contribution in [0.1, 0.15) is 25.8 Å². The molecule has 37 heavy (non-hydrogen) atoms. The molecule has 0 fully saturated rings. The lowest BCUT2D eigenvalue weighted by Crippen LogP contribution is -2.51. The highest BCUT2D eigenvalue weighted by Gasteiger charge is 2.32. The maximum Gasteiger partial charge on any atom is 0.264 e. The van der Waals surface area contributed by atoms with Crippen LogP contribution >= 0.6 is 0 Å². The molecule has 0 spiro atoms. The van der Waals surface area contributed by atoms with Crippen molar-refractivity contribution >= 4 is 27.5 Å². The van der Waals surface area contributed by atoms with Crippen molar-refractivity contribution in [2.45, 2.75) is 37.8 Å². The number of hydrogen-bond acceptors (Lipinski definition) is 5.